The number of piperazine rings is 2. The normalized spacial score (nSPS) is 21.6. The van der Waals surface area contributed by atoms with Crippen LogP contribution in [0.25, 0.3) is 0 Å². The van der Waals surface area contributed by atoms with Crippen LogP contribution in [-0.2, 0) is 17.1 Å². The number of rotatable bonds is 11. The van der Waals surface area contributed by atoms with Crippen LogP contribution in [0.1, 0.15) is 40.1 Å². The molecule has 0 radical (unpaired) electrons. The largest absolute Gasteiger partial charge is 0.489 e. The van der Waals surface area contributed by atoms with Crippen LogP contribution in [-0.4, -0.2) is 127 Å². The quantitative estimate of drug-likeness (QED) is 0.270. The van der Waals surface area contributed by atoms with E-state index in [4.69, 9.17) is 9.47 Å². The van der Waals surface area contributed by atoms with Gasteiger partial charge >= 0.3 is 12.4 Å². The average Bonchev–Trinajstić information content (AvgIpc) is 3.65. The van der Waals surface area contributed by atoms with Crippen LogP contribution >= 0.6 is 11.3 Å². The van der Waals surface area contributed by atoms with Gasteiger partial charge in [-0.3, -0.25) is 14.6 Å². The third kappa shape index (κ3) is 8.71. The lowest BCUT2D eigenvalue weighted by Crippen LogP contribution is -2.69. The smallest absolute Gasteiger partial charge is 0.425 e. The van der Waals surface area contributed by atoms with Gasteiger partial charge in [-0.1, -0.05) is 12.1 Å². The number of ether oxygens (including phenoxy) is 2. The second-order valence-corrected chi connectivity index (χ2v) is 14.3. The fourth-order valence-corrected chi connectivity index (χ4v) is 8.16. The van der Waals surface area contributed by atoms with Crippen molar-refractivity contribution in [3.05, 3.63) is 70.2 Å². The molecule has 0 spiro atoms. The fourth-order valence-electron chi connectivity index (χ4n) is 7.48. The summed E-state index contributed by atoms with van der Waals surface area (Å²) >= 11 is 0.404. The number of piperidine rings is 1. The molecule has 6 rings (SSSR count). The first-order chi connectivity index (χ1) is 25.8. The number of nitrogens with zero attached hydrogens (tertiary/aromatic N) is 5. The van der Waals surface area contributed by atoms with E-state index in [1.165, 1.54) is 4.90 Å². The zero-order valence-electron chi connectivity index (χ0n) is 29.4. The topological polar surface area (TPSA) is 111 Å². The number of hydrogen-bond donors (Lipinski definition) is 2. The minimum absolute atomic E-state index is 0.00846. The van der Waals surface area contributed by atoms with Crippen LogP contribution in [0, 0.1) is 0 Å². The molecule has 3 aliphatic heterocycles. The summed E-state index contributed by atoms with van der Waals surface area (Å²) in [5, 5.41) is 13.7. The number of aliphatic hydroxyl groups excluding tert-OH is 1. The number of pyridine rings is 1. The molecule has 0 bridgehead atoms. The van der Waals surface area contributed by atoms with E-state index in [1.54, 1.807) is 17.0 Å². The van der Waals surface area contributed by atoms with Gasteiger partial charge in [-0.25, -0.2) is 0 Å². The molecule has 0 unspecified atom stereocenters. The Bertz CT molecular complexity index is 1750. The Hall–Kier alpha value is -4.13. The molecule has 2 atom stereocenters. The molecule has 3 fully saturated rings. The van der Waals surface area contributed by atoms with E-state index in [0.717, 1.165) is 35.6 Å². The minimum atomic E-state index is -4.88. The molecule has 54 heavy (non-hydrogen) atoms. The number of aliphatic hydroxyl groups is 1. The Balaban J connectivity index is 1.37. The van der Waals surface area contributed by atoms with Crippen LogP contribution < -0.4 is 19.7 Å². The van der Waals surface area contributed by atoms with Crippen LogP contribution in [0.3, 0.4) is 0 Å². The molecule has 2 amide bonds. The van der Waals surface area contributed by atoms with Crippen molar-refractivity contribution >= 4 is 28.8 Å². The van der Waals surface area contributed by atoms with E-state index in [2.05, 4.69) is 15.2 Å². The lowest BCUT2D eigenvalue weighted by Gasteiger charge is -2.51. The van der Waals surface area contributed by atoms with Crippen LogP contribution in [0.5, 0.6) is 11.5 Å². The molecular weight excluding hydrogens is 742 g/mol. The van der Waals surface area contributed by atoms with E-state index >= 15 is 4.79 Å². The van der Waals surface area contributed by atoms with Gasteiger partial charge in [0.1, 0.15) is 23.0 Å². The first kappa shape index (κ1) is 39.6. The van der Waals surface area contributed by atoms with Crippen molar-refractivity contribution in [2.24, 2.45) is 0 Å². The average molecular weight is 785 g/mol. The maximum Gasteiger partial charge on any atom is 0.425 e. The van der Waals surface area contributed by atoms with Crippen LogP contribution in [0.15, 0.2) is 54.2 Å². The standard InChI is InChI=1S/C36H42F6N6O5S/c37-35(38,39)27-6-9-44-23-26(27)32(50)48-12-3-8-34(30(48)7-13-45-14-10-43-11-15-45,53-25-22-31(54-24-25)36(40,41)42)33(51)47-18-16-46(17-19-47)28-4-1-2-5-29(28)52-21-20-49/h1-2,4-6,9,22-24,30,43,49H,3,7-8,10-21H2/t30-,34+/m1/s1. The van der Waals surface area contributed by atoms with E-state index in [1.807, 2.05) is 17.0 Å². The summed E-state index contributed by atoms with van der Waals surface area (Å²) in [7, 11) is 0. The van der Waals surface area contributed by atoms with Gasteiger partial charge in [-0.15, -0.1) is 11.3 Å². The monoisotopic (exact) mass is 784 g/mol. The third-order valence-electron chi connectivity index (χ3n) is 10.0. The van der Waals surface area contributed by atoms with Crippen molar-refractivity contribution in [1.82, 2.24) is 25.0 Å². The summed E-state index contributed by atoms with van der Waals surface area (Å²) in [6.45, 7) is 3.95. The maximum atomic E-state index is 15.1. The summed E-state index contributed by atoms with van der Waals surface area (Å²) in [5.41, 5.74) is -3.05. The Morgan fingerprint density at radius 3 is 2.41 bits per heavy atom. The van der Waals surface area contributed by atoms with Gasteiger partial charge in [-0.2, -0.15) is 26.3 Å². The molecule has 3 aromatic rings. The third-order valence-corrected chi connectivity index (χ3v) is 11.0. The molecule has 2 aromatic heterocycles. The Kier molecular flexibility index (Phi) is 12.2. The number of para-hydroxylation sites is 2. The highest BCUT2D eigenvalue weighted by Crippen LogP contribution is 2.43. The summed E-state index contributed by atoms with van der Waals surface area (Å²) in [6, 6.07) is 7.64. The number of alkyl halides is 6. The second kappa shape index (κ2) is 16.7. The van der Waals surface area contributed by atoms with Crippen molar-refractivity contribution in [2.45, 2.75) is 43.3 Å². The molecule has 1 aromatic carbocycles. The van der Waals surface area contributed by atoms with E-state index in [-0.39, 0.29) is 57.9 Å². The fraction of sp³-hybridized carbons (Fsp3) is 0.528. The van der Waals surface area contributed by atoms with Gasteiger partial charge in [0, 0.05) is 95.7 Å². The zero-order valence-corrected chi connectivity index (χ0v) is 30.2. The number of halogens is 6. The predicted octanol–water partition coefficient (Wildman–Crippen LogP) is 4.62. The van der Waals surface area contributed by atoms with Gasteiger partial charge in [0.25, 0.3) is 11.8 Å². The SMILES string of the molecule is O=C(c1cnccc1C(F)(F)F)N1CCC[C@@](Oc2csc(C(F)(F)F)c2)(C(=O)N2CCN(c3ccccc3OCCO)CC2)[C@H]1CCN1CCNCC1. The first-order valence-corrected chi connectivity index (χ1v) is 18.7. The first-order valence-electron chi connectivity index (χ1n) is 17.8. The van der Waals surface area contributed by atoms with E-state index in [9.17, 15) is 36.2 Å². The van der Waals surface area contributed by atoms with Crippen molar-refractivity contribution in [3.8, 4) is 11.5 Å². The highest BCUT2D eigenvalue weighted by atomic mass is 32.1. The number of likely N-dealkylation sites (tertiary alicyclic amines) is 1. The lowest BCUT2D eigenvalue weighted by molar-refractivity contribution is -0.159. The number of thiophene rings is 1. The summed E-state index contributed by atoms with van der Waals surface area (Å²) in [6.07, 6.45) is -7.51. The number of amides is 2. The van der Waals surface area contributed by atoms with Gasteiger partial charge in [0.05, 0.1) is 29.5 Å². The van der Waals surface area contributed by atoms with Crippen LogP contribution in [0.4, 0.5) is 32.0 Å². The molecule has 3 aliphatic rings. The highest BCUT2D eigenvalue weighted by molar-refractivity contribution is 7.10. The van der Waals surface area contributed by atoms with Gasteiger partial charge in [0.2, 0.25) is 5.60 Å². The van der Waals surface area contributed by atoms with Crippen molar-refractivity contribution in [1.29, 1.82) is 0 Å². The summed E-state index contributed by atoms with van der Waals surface area (Å²) < 4.78 is 96.2. The van der Waals surface area contributed by atoms with Gasteiger partial charge in [-0.05, 0) is 31.0 Å². The van der Waals surface area contributed by atoms with Crippen molar-refractivity contribution in [3.63, 3.8) is 0 Å². The second-order valence-electron chi connectivity index (χ2n) is 13.4. The predicted molar refractivity (Wildman–Crippen MR) is 188 cm³/mol. The van der Waals surface area contributed by atoms with E-state index < -0.39 is 51.8 Å². The number of anilines is 1. The summed E-state index contributed by atoms with van der Waals surface area (Å²) in [4.78, 5) is 39.2. The molecule has 5 heterocycles. The Morgan fingerprint density at radius 2 is 1.72 bits per heavy atom. The van der Waals surface area contributed by atoms with Crippen molar-refractivity contribution in [2.75, 3.05) is 83.6 Å². The minimum Gasteiger partial charge on any atom is -0.489 e. The number of benzene rings is 1. The Morgan fingerprint density at radius 1 is 0.981 bits per heavy atom. The van der Waals surface area contributed by atoms with Crippen LogP contribution in [0.2, 0.25) is 0 Å². The number of carbonyl (C=O) groups excluding carboxylic acids is 2. The molecule has 2 N–H and O–H groups in total. The Labute approximate surface area is 312 Å². The number of aromatic nitrogens is 1. The number of carbonyl (C=O) groups is 2. The summed E-state index contributed by atoms with van der Waals surface area (Å²) in [5.74, 6) is -1.22. The van der Waals surface area contributed by atoms with E-state index in [0.29, 0.717) is 62.9 Å². The lowest BCUT2D eigenvalue weighted by atomic mass is 9.80. The number of nitrogens with one attached hydrogen (secondary N) is 1. The molecule has 18 heteroatoms. The molecular formula is C36H42F6N6O5S. The molecule has 0 saturated carbocycles. The zero-order chi connectivity index (χ0) is 38.5. The highest BCUT2D eigenvalue weighted by Gasteiger charge is 2.56. The number of hydrogen-bond acceptors (Lipinski definition) is 10. The van der Waals surface area contributed by atoms with Gasteiger partial charge in [0.15, 0.2) is 0 Å². The molecule has 11 nitrogen and oxygen atoms in total. The van der Waals surface area contributed by atoms with Crippen molar-refractivity contribution < 1.29 is 50.5 Å². The maximum absolute atomic E-state index is 15.1. The van der Waals surface area contributed by atoms with Gasteiger partial charge < -0.3 is 39.5 Å². The molecule has 3 saturated heterocycles. The molecule has 0 aliphatic carbocycles. The molecule has 294 valence electrons.